The van der Waals surface area contributed by atoms with Crippen molar-refractivity contribution >= 4 is 18.0 Å². The molecule has 5 heteroatoms. The second-order valence-corrected chi connectivity index (χ2v) is 6.88. The van der Waals surface area contributed by atoms with Crippen LogP contribution in [0.5, 0.6) is 0 Å². The molecule has 0 saturated heterocycles. The number of amides is 2. The number of benzene rings is 3. The maximum absolute atomic E-state index is 12.5. The van der Waals surface area contributed by atoms with Crippen molar-refractivity contribution < 1.29 is 9.59 Å². The fraction of sp³-hybridized carbons (Fsp3) is 0.0800. The molecule has 3 rings (SSSR count). The van der Waals surface area contributed by atoms with Crippen LogP contribution < -0.4 is 10.7 Å². The Hall–Kier alpha value is -3.99. The van der Waals surface area contributed by atoms with Gasteiger partial charge in [0.1, 0.15) is 5.70 Å². The Morgan fingerprint density at radius 1 is 0.767 bits per heavy atom. The molecule has 0 unspecified atom stereocenters. The highest BCUT2D eigenvalue weighted by atomic mass is 16.2. The molecule has 0 bridgehead atoms. The molecule has 0 radical (unpaired) electrons. The summed E-state index contributed by atoms with van der Waals surface area (Å²) in [7, 11) is 0. The van der Waals surface area contributed by atoms with Crippen LogP contribution in [-0.4, -0.2) is 18.0 Å². The van der Waals surface area contributed by atoms with Crippen molar-refractivity contribution in [2.75, 3.05) is 0 Å². The lowest BCUT2D eigenvalue weighted by atomic mass is 10.0. The van der Waals surface area contributed by atoms with Gasteiger partial charge in [0, 0.05) is 5.56 Å². The van der Waals surface area contributed by atoms with Gasteiger partial charge < -0.3 is 5.32 Å². The summed E-state index contributed by atoms with van der Waals surface area (Å²) in [6.07, 6.45) is 1.56. The second-order valence-electron chi connectivity index (χ2n) is 6.88. The lowest BCUT2D eigenvalue weighted by Crippen LogP contribution is -2.33. The number of hydrazone groups is 1. The molecule has 2 amide bonds. The third-order valence-electron chi connectivity index (χ3n) is 4.40. The van der Waals surface area contributed by atoms with Gasteiger partial charge in [0.05, 0.1) is 6.21 Å². The molecule has 0 aromatic heterocycles. The van der Waals surface area contributed by atoms with Crippen LogP contribution >= 0.6 is 0 Å². The Bertz CT molecular complexity index is 1070. The summed E-state index contributed by atoms with van der Waals surface area (Å²) in [5, 5.41) is 6.68. The Morgan fingerprint density at radius 3 is 1.93 bits per heavy atom. The smallest absolute Gasteiger partial charge is 0.287 e. The monoisotopic (exact) mass is 397 g/mol. The van der Waals surface area contributed by atoms with Gasteiger partial charge in [0.2, 0.25) is 0 Å². The molecular weight excluding hydrogens is 374 g/mol. The van der Waals surface area contributed by atoms with Crippen LogP contribution in [0.2, 0.25) is 0 Å². The minimum absolute atomic E-state index is 0.181. The minimum atomic E-state index is -0.476. The number of nitrogens with one attached hydrogen (secondary N) is 2. The van der Waals surface area contributed by atoms with Gasteiger partial charge in [0.25, 0.3) is 11.8 Å². The maximum Gasteiger partial charge on any atom is 0.287 e. The van der Waals surface area contributed by atoms with E-state index in [4.69, 9.17) is 0 Å². The third-order valence-corrected chi connectivity index (χ3v) is 4.40. The van der Waals surface area contributed by atoms with E-state index in [2.05, 4.69) is 15.8 Å². The van der Waals surface area contributed by atoms with E-state index in [1.165, 1.54) is 0 Å². The molecule has 0 heterocycles. The highest BCUT2D eigenvalue weighted by molar-refractivity contribution is 6.03. The lowest BCUT2D eigenvalue weighted by Gasteiger charge is -2.10. The third kappa shape index (κ3) is 5.52. The molecule has 0 saturated carbocycles. The van der Waals surface area contributed by atoms with Gasteiger partial charge >= 0.3 is 0 Å². The maximum atomic E-state index is 12.5. The zero-order chi connectivity index (χ0) is 21.3. The fourth-order valence-electron chi connectivity index (χ4n) is 2.80. The van der Waals surface area contributed by atoms with Crippen LogP contribution in [0.4, 0.5) is 0 Å². The van der Waals surface area contributed by atoms with Crippen LogP contribution in [0.25, 0.3) is 11.1 Å². The Balaban J connectivity index is 1.62. The van der Waals surface area contributed by atoms with Crippen molar-refractivity contribution in [1.82, 2.24) is 10.7 Å². The molecule has 30 heavy (non-hydrogen) atoms. The van der Waals surface area contributed by atoms with E-state index in [0.717, 1.165) is 16.7 Å². The van der Waals surface area contributed by atoms with Gasteiger partial charge in [-0.3, -0.25) is 9.59 Å². The minimum Gasteiger partial charge on any atom is -0.317 e. The molecule has 5 nitrogen and oxygen atoms in total. The molecule has 0 aliphatic heterocycles. The molecule has 0 fully saturated rings. The van der Waals surface area contributed by atoms with Crippen molar-refractivity contribution in [3.05, 3.63) is 107 Å². The zero-order valence-electron chi connectivity index (χ0n) is 16.9. The summed E-state index contributed by atoms with van der Waals surface area (Å²) >= 11 is 0. The van der Waals surface area contributed by atoms with Crippen LogP contribution in [0.3, 0.4) is 0 Å². The number of hydrogen-bond acceptors (Lipinski definition) is 3. The summed E-state index contributed by atoms with van der Waals surface area (Å²) in [6, 6.07) is 26.7. The summed E-state index contributed by atoms with van der Waals surface area (Å²) < 4.78 is 0. The molecule has 3 aromatic carbocycles. The van der Waals surface area contributed by atoms with E-state index in [1.54, 1.807) is 44.3 Å². The van der Waals surface area contributed by atoms with Crippen molar-refractivity contribution in [2.45, 2.75) is 13.8 Å². The van der Waals surface area contributed by atoms with Crippen LogP contribution in [0.15, 0.2) is 101 Å². The summed E-state index contributed by atoms with van der Waals surface area (Å²) in [4.78, 5) is 24.8. The molecule has 0 aliphatic carbocycles. The largest absolute Gasteiger partial charge is 0.317 e. The normalized spacial score (nSPS) is 10.5. The van der Waals surface area contributed by atoms with Crippen LogP contribution in [0, 0.1) is 0 Å². The lowest BCUT2D eigenvalue weighted by molar-refractivity contribution is -0.117. The van der Waals surface area contributed by atoms with Crippen LogP contribution in [0.1, 0.15) is 29.8 Å². The van der Waals surface area contributed by atoms with E-state index in [-0.39, 0.29) is 11.6 Å². The molecule has 3 aromatic rings. The van der Waals surface area contributed by atoms with Gasteiger partial charge in [0.15, 0.2) is 0 Å². The standard InChI is InChI=1S/C25H23N3O2/c1-18(2)23(27-24(29)22-11-7-4-8-12-22)25(30)28-26-17-19-13-15-21(16-14-19)20-9-5-3-6-10-20/h3-17H,1-2H3,(H,27,29)(H,28,30)/b26-17-. The Morgan fingerprint density at radius 2 is 1.33 bits per heavy atom. The number of allylic oxidation sites excluding steroid dienone is 1. The number of rotatable bonds is 6. The Labute approximate surface area is 176 Å². The van der Waals surface area contributed by atoms with Gasteiger partial charge in [-0.05, 0) is 48.2 Å². The molecule has 2 N–H and O–H groups in total. The average molecular weight is 397 g/mol. The average Bonchev–Trinajstić information content (AvgIpc) is 2.78. The molecule has 0 aliphatic rings. The number of carbonyl (C=O) groups excluding carboxylic acids is 2. The van der Waals surface area contributed by atoms with E-state index >= 15 is 0 Å². The summed E-state index contributed by atoms with van der Waals surface area (Å²) in [6.45, 7) is 3.51. The fourth-order valence-corrected chi connectivity index (χ4v) is 2.80. The van der Waals surface area contributed by atoms with Gasteiger partial charge in [-0.1, -0.05) is 72.8 Å². The highest BCUT2D eigenvalue weighted by Gasteiger charge is 2.15. The van der Waals surface area contributed by atoms with E-state index < -0.39 is 5.91 Å². The summed E-state index contributed by atoms with van der Waals surface area (Å²) in [5.41, 5.74) is 6.90. The van der Waals surface area contributed by atoms with Crippen molar-refractivity contribution in [3.63, 3.8) is 0 Å². The van der Waals surface area contributed by atoms with E-state index in [9.17, 15) is 9.59 Å². The first-order valence-corrected chi connectivity index (χ1v) is 9.57. The number of carbonyl (C=O) groups is 2. The van der Waals surface area contributed by atoms with Gasteiger partial charge in [-0.15, -0.1) is 0 Å². The summed E-state index contributed by atoms with van der Waals surface area (Å²) in [5.74, 6) is -0.820. The number of nitrogens with zero attached hydrogens (tertiary/aromatic N) is 1. The van der Waals surface area contributed by atoms with Crippen LogP contribution in [-0.2, 0) is 4.79 Å². The van der Waals surface area contributed by atoms with Gasteiger partial charge in [-0.25, -0.2) is 5.43 Å². The number of hydrogen-bond donors (Lipinski definition) is 2. The SMILES string of the molecule is CC(C)=C(NC(=O)c1ccccc1)C(=O)N/N=C\c1ccc(-c2ccccc2)cc1. The highest BCUT2D eigenvalue weighted by Crippen LogP contribution is 2.18. The molecule has 150 valence electrons. The quantitative estimate of drug-likeness (QED) is 0.364. The molecular formula is C25H23N3O2. The second kappa shape index (κ2) is 9.98. The van der Waals surface area contributed by atoms with Gasteiger partial charge in [-0.2, -0.15) is 5.10 Å². The predicted molar refractivity (Wildman–Crippen MR) is 120 cm³/mol. The topological polar surface area (TPSA) is 70.6 Å². The Kier molecular flexibility index (Phi) is 6.90. The van der Waals surface area contributed by atoms with Crippen molar-refractivity contribution in [2.24, 2.45) is 5.10 Å². The van der Waals surface area contributed by atoms with E-state index in [0.29, 0.717) is 11.1 Å². The first-order chi connectivity index (χ1) is 14.5. The predicted octanol–water partition coefficient (Wildman–Crippen LogP) is 4.53. The zero-order valence-corrected chi connectivity index (χ0v) is 16.9. The molecule has 0 spiro atoms. The van der Waals surface area contributed by atoms with E-state index in [1.807, 2.05) is 60.7 Å². The molecule has 0 atom stereocenters. The first kappa shape index (κ1) is 20.7. The van der Waals surface area contributed by atoms with Crippen molar-refractivity contribution in [3.8, 4) is 11.1 Å². The first-order valence-electron chi connectivity index (χ1n) is 9.57. The van der Waals surface area contributed by atoms with Crippen molar-refractivity contribution in [1.29, 1.82) is 0 Å².